The lowest BCUT2D eigenvalue weighted by molar-refractivity contribution is -0.130. The Morgan fingerprint density at radius 2 is 2.30 bits per heavy atom. The zero-order chi connectivity index (χ0) is 14.3. The number of thioether (sulfide) groups is 1. The summed E-state index contributed by atoms with van der Waals surface area (Å²) in [6.07, 6.45) is 2.39. The van der Waals surface area contributed by atoms with Crippen LogP contribution >= 0.6 is 11.8 Å². The number of hydrogen-bond acceptors (Lipinski definition) is 4. The van der Waals surface area contributed by atoms with Crippen LogP contribution in [0, 0.1) is 0 Å². The fourth-order valence-electron chi connectivity index (χ4n) is 2.63. The number of ketones is 1. The Balaban J connectivity index is 1.78. The first-order valence-corrected chi connectivity index (χ1v) is 7.55. The van der Waals surface area contributed by atoms with Gasteiger partial charge >= 0.3 is 6.03 Å². The van der Waals surface area contributed by atoms with Crippen molar-refractivity contribution in [1.29, 1.82) is 0 Å². The third-order valence-corrected chi connectivity index (χ3v) is 4.99. The molecule has 2 aliphatic rings. The second-order valence-corrected chi connectivity index (χ2v) is 6.24. The summed E-state index contributed by atoms with van der Waals surface area (Å²) >= 11 is 1.65. The molecule has 0 unspecified atom stereocenters. The van der Waals surface area contributed by atoms with Crippen molar-refractivity contribution < 1.29 is 14.4 Å². The summed E-state index contributed by atoms with van der Waals surface area (Å²) in [5, 5.41) is 2.75. The lowest BCUT2D eigenvalue weighted by Crippen LogP contribution is -2.47. The molecule has 0 bridgehead atoms. The molecule has 1 spiro atoms. The van der Waals surface area contributed by atoms with Gasteiger partial charge in [-0.05, 0) is 24.3 Å². The van der Waals surface area contributed by atoms with E-state index in [1.54, 1.807) is 41.7 Å². The van der Waals surface area contributed by atoms with Crippen molar-refractivity contribution in [2.75, 3.05) is 18.1 Å². The van der Waals surface area contributed by atoms with Gasteiger partial charge in [-0.3, -0.25) is 14.5 Å². The fourth-order valence-corrected chi connectivity index (χ4v) is 3.95. The molecule has 2 aliphatic heterocycles. The van der Waals surface area contributed by atoms with Crippen molar-refractivity contribution >= 4 is 29.5 Å². The standard InChI is InChI=1S/C13H15N3O3S/c1-15-5-2-3-9(15)10(17)7-16-11(18)13(14-12(16)19)4-6-20-8-13/h2-3,5H,4,6-8H2,1H3,(H,14,19)/t13-/m1/s1. The molecular weight excluding hydrogens is 278 g/mol. The van der Waals surface area contributed by atoms with Crippen molar-refractivity contribution in [3.05, 3.63) is 24.0 Å². The second kappa shape index (κ2) is 4.66. The topological polar surface area (TPSA) is 71.4 Å². The predicted molar refractivity (Wildman–Crippen MR) is 74.7 cm³/mol. The maximum atomic E-state index is 12.4. The number of Topliss-reactive ketones (excluding diaryl/α,β-unsaturated/α-hetero) is 1. The van der Waals surface area contributed by atoms with Crippen LogP contribution in [0.3, 0.4) is 0 Å². The quantitative estimate of drug-likeness (QED) is 0.655. The minimum absolute atomic E-state index is 0.199. The zero-order valence-electron chi connectivity index (χ0n) is 11.1. The number of urea groups is 1. The Morgan fingerprint density at radius 1 is 1.50 bits per heavy atom. The van der Waals surface area contributed by atoms with Gasteiger partial charge in [0.05, 0.1) is 12.2 Å². The maximum Gasteiger partial charge on any atom is 0.325 e. The summed E-state index contributed by atoms with van der Waals surface area (Å²) in [4.78, 5) is 37.6. The molecule has 0 aliphatic carbocycles. The second-order valence-electron chi connectivity index (χ2n) is 5.13. The summed E-state index contributed by atoms with van der Waals surface area (Å²) in [7, 11) is 1.76. The molecule has 0 aromatic carbocycles. The van der Waals surface area contributed by atoms with Gasteiger partial charge in [0.15, 0.2) is 5.78 Å². The summed E-state index contributed by atoms with van der Waals surface area (Å²) in [6.45, 7) is -0.199. The highest BCUT2D eigenvalue weighted by molar-refractivity contribution is 7.99. The molecule has 1 aromatic rings. The van der Waals surface area contributed by atoms with Crippen LogP contribution in [0.15, 0.2) is 18.3 Å². The number of rotatable bonds is 3. The van der Waals surface area contributed by atoms with Crippen LogP contribution in [-0.4, -0.2) is 50.8 Å². The minimum atomic E-state index is -0.782. The highest BCUT2D eigenvalue weighted by Gasteiger charge is 2.53. The van der Waals surface area contributed by atoms with Gasteiger partial charge < -0.3 is 9.88 Å². The molecule has 6 nitrogen and oxygen atoms in total. The molecule has 2 fully saturated rings. The molecule has 3 rings (SSSR count). The minimum Gasteiger partial charge on any atom is -0.348 e. The van der Waals surface area contributed by atoms with Gasteiger partial charge in [0.1, 0.15) is 5.54 Å². The zero-order valence-corrected chi connectivity index (χ0v) is 11.9. The van der Waals surface area contributed by atoms with E-state index < -0.39 is 11.6 Å². The van der Waals surface area contributed by atoms with Gasteiger partial charge in [-0.1, -0.05) is 0 Å². The van der Waals surface area contributed by atoms with Crippen molar-refractivity contribution in [1.82, 2.24) is 14.8 Å². The average molecular weight is 293 g/mol. The smallest absolute Gasteiger partial charge is 0.325 e. The van der Waals surface area contributed by atoms with Crippen LogP contribution < -0.4 is 5.32 Å². The molecule has 3 amide bonds. The van der Waals surface area contributed by atoms with Gasteiger partial charge in [-0.15, -0.1) is 0 Å². The Kier molecular flexibility index (Phi) is 3.08. The molecule has 0 radical (unpaired) electrons. The van der Waals surface area contributed by atoms with Crippen molar-refractivity contribution in [2.24, 2.45) is 7.05 Å². The number of carbonyl (C=O) groups is 3. The van der Waals surface area contributed by atoms with Crippen LogP contribution in [0.25, 0.3) is 0 Å². The molecule has 20 heavy (non-hydrogen) atoms. The first kappa shape index (κ1) is 13.2. The number of aromatic nitrogens is 1. The summed E-state index contributed by atoms with van der Waals surface area (Å²) in [6, 6.07) is 2.98. The molecular formula is C13H15N3O3S. The van der Waals surface area contributed by atoms with Gasteiger partial charge in [0.25, 0.3) is 5.91 Å². The Morgan fingerprint density at radius 3 is 2.90 bits per heavy atom. The van der Waals surface area contributed by atoms with Gasteiger partial charge in [0, 0.05) is 19.0 Å². The van der Waals surface area contributed by atoms with E-state index in [-0.39, 0.29) is 18.2 Å². The molecule has 7 heteroatoms. The highest BCUT2D eigenvalue weighted by Crippen LogP contribution is 2.33. The Bertz CT molecular complexity index is 589. The van der Waals surface area contributed by atoms with E-state index in [1.807, 2.05) is 0 Å². The van der Waals surface area contributed by atoms with E-state index in [0.29, 0.717) is 17.9 Å². The Hall–Kier alpha value is -1.76. The third-order valence-electron chi connectivity index (χ3n) is 3.80. The number of hydrogen-bond donors (Lipinski definition) is 1. The SMILES string of the molecule is Cn1cccc1C(=O)CN1C(=O)N[C@@]2(CCSC2)C1=O. The van der Waals surface area contributed by atoms with E-state index in [2.05, 4.69) is 5.32 Å². The van der Waals surface area contributed by atoms with E-state index in [4.69, 9.17) is 0 Å². The van der Waals surface area contributed by atoms with E-state index in [9.17, 15) is 14.4 Å². The number of carbonyl (C=O) groups excluding carboxylic acids is 3. The third kappa shape index (κ3) is 1.93. The number of nitrogens with zero attached hydrogens (tertiary/aromatic N) is 2. The van der Waals surface area contributed by atoms with Crippen molar-refractivity contribution in [2.45, 2.75) is 12.0 Å². The van der Waals surface area contributed by atoms with E-state index in [1.165, 1.54) is 0 Å². The summed E-state index contributed by atoms with van der Waals surface area (Å²) < 4.78 is 1.68. The highest BCUT2D eigenvalue weighted by atomic mass is 32.2. The van der Waals surface area contributed by atoms with Crippen LogP contribution in [0.4, 0.5) is 4.79 Å². The van der Waals surface area contributed by atoms with Crippen LogP contribution in [0.2, 0.25) is 0 Å². The predicted octanol–water partition coefficient (Wildman–Crippen LogP) is 0.635. The molecule has 1 aromatic heterocycles. The molecule has 2 saturated heterocycles. The van der Waals surface area contributed by atoms with Crippen LogP contribution in [0.5, 0.6) is 0 Å². The molecule has 1 N–H and O–H groups in total. The number of nitrogens with one attached hydrogen (secondary N) is 1. The molecule has 106 valence electrons. The van der Waals surface area contributed by atoms with Gasteiger partial charge in [-0.25, -0.2) is 4.79 Å². The fraction of sp³-hybridized carbons (Fsp3) is 0.462. The Labute approximate surface area is 120 Å². The average Bonchev–Trinajstić information content (AvgIpc) is 3.08. The van der Waals surface area contributed by atoms with Crippen molar-refractivity contribution in [3.63, 3.8) is 0 Å². The number of amides is 3. The largest absolute Gasteiger partial charge is 0.348 e. The normalized spacial score (nSPS) is 25.6. The van der Waals surface area contributed by atoms with Crippen LogP contribution in [-0.2, 0) is 11.8 Å². The number of aryl methyl sites for hydroxylation is 1. The first-order valence-electron chi connectivity index (χ1n) is 6.40. The first-order chi connectivity index (χ1) is 9.53. The van der Waals surface area contributed by atoms with E-state index in [0.717, 1.165) is 10.7 Å². The lowest BCUT2D eigenvalue weighted by Gasteiger charge is -2.18. The summed E-state index contributed by atoms with van der Waals surface area (Å²) in [5.74, 6) is 0.941. The van der Waals surface area contributed by atoms with Crippen molar-refractivity contribution in [3.8, 4) is 0 Å². The maximum absolute atomic E-state index is 12.4. The molecule has 0 saturated carbocycles. The van der Waals surface area contributed by atoms with Crippen LogP contribution in [0.1, 0.15) is 16.9 Å². The molecule has 3 heterocycles. The number of imide groups is 1. The lowest BCUT2D eigenvalue weighted by atomic mass is 9.99. The molecule has 1 atom stereocenters. The van der Waals surface area contributed by atoms with Gasteiger partial charge in [0.2, 0.25) is 0 Å². The monoisotopic (exact) mass is 293 g/mol. The van der Waals surface area contributed by atoms with Gasteiger partial charge in [-0.2, -0.15) is 11.8 Å². The van der Waals surface area contributed by atoms with E-state index >= 15 is 0 Å². The summed E-state index contributed by atoms with van der Waals surface area (Å²) in [5.41, 5.74) is -0.289.